The average molecular weight is 106 g/mol. The second-order valence-corrected chi connectivity index (χ2v) is 1.29. The first-order chi connectivity index (χ1) is 3.15. The summed E-state index contributed by atoms with van der Waals surface area (Å²) >= 11 is 0. The van der Waals surface area contributed by atoms with Gasteiger partial charge >= 0.3 is 0 Å². The molecule has 0 atom stereocenters. The van der Waals surface area contributed by atoms with E-state index in [0.717, 1.165) is 0 Å². The van der Waals surface area contributed by atoms with E-state index in [1.165, 1.54) is 5.57 Å². The summed E-state index contributed by atoms with van der Waals surface area (Å²) in [5.41, 5.74) is 1.17. The minimum absolute atomic E-state index is 1.17. The Morgan fingerprint density at radius 2 is 1.43 bits per heavy atom. The van der Waals surface area contributed by atoms with Gasteiger partial charge in [0.25, 0.3) is 0 Å². The highest BCUT2D eigenvalue weighted by Crippen LogP contribution is 1.73. The maximum Gasteiger partial charge on any atom is -0.0445 e. The Morgan fingerprint density at radius 1 is 1.43 bits per heavy atom. The molecular formula is C4H10O3. The summed E-state index contributed by atoms with van der Waals surface area (Å²) in [6, 6.07) is 0. The zero-order valence-electron chi connectivity index (χ0n) is 4.51. The molecule has 0 amide bonds. The maximum atomic E-state index is 6.62. The number of hydrogen-bond acceptors (Lipinski definition) is 3. The summed E-state index contributed by atoms with van der Waals surface area (Å²) < 4.78 is 0. The molecule has 0 aromatic rings. The van der Waals surface area contributed by atoms with E-state index in [1.54, 1.807) is 0 Å². The second kappa shape index (κ2) is 9.15. The minimum Gasteiger partial charge on any atom is -0.221 e. The molecule has 3 nitrogen and oxygen atoms in total. The van der Waals surface area contributed by atoms with Crippen LogP contribution in [0.3, 0.4) is 0 Å². The molecule has 0 aliphatic carbocycles. The molecule has 0 aliphatic heterocycles. The first-order valence-corrected chi connectivity index (χ1v) is 1.72. The van der Waals surface area contributed by atoms with E-state index in [9.17, 15) is 0 Å². The Morgan fingerprint density at radius 3 is 1.43 bits per heavy atom. The molecule has 0 aromatic carbocycles. The highest BCUT2D eigenvalue weighted by Gasteiger charge is 1.51. The fraction of sp³-hybridized carbons (Fsp3) is 0.500. The van der Waals surface area contributed by atoms with Gasteiger partial charge in [-0.25, -0.2) is 10.5 Å². The van der Waals surface area contributed by atoms with Crippen molar-refractivity contribution in [2.45, 2.75) is 13.8 Å². The van der Waals surface area contributed by atoms with Crippen LogP contribution in [-0.4, -0.2) is 10.5 Å². The van der Waals surface area contributed by atoms with Crippen molar-refractivity contribution in [2.24, 2.45) is 0 Å². The van der Waals surface area contributed by atoms with E-state index >= 15 is 0 Å². The van der Waals surface area contributed by atoms with Crippen molar-refractivity contribution < 1.29 is 15.6 Å². The molecule has 0 bridgehead atoms. The fourth-order valence-corrected chi connectivity index (χ4v) is 0. The smallest absolute Gasteiger partial charge is 0.0445 e. The molecule has 0 fully saturated rings. The highest BCUT2D eigenvalue weighted by molar-refractivity contribution is 4.78. The van der Waals surface area contributed by atoms with Crippen LogP contribution in [0.1, 0.15) is 13.8 Å². The van der Waals surface area contributed by atoms with Gasteiger partial charge in [-0.05, 0) is 13.8 Å². The molecule has 7 heavy (non-hydrogen) atoms. The maximum absolute atomic E-state index is 6.62. The van der Waals surface area contributed by atoms with Gasteiger partial charge in [0.1, 0.15) is 0 Å². The quantitative estimate of drug-likeness (QED) is 0.279. The second-order valence-electron chi connectivity index (χ2n) is 1.29. The molecule has 3 heteroatoms. The van der Waals surface area contributed by atoms with Crippen LogP contribution in [0.5, 0.6) is 0 Å². The van der Waals surface area contributed by atoms with Gasteiger partial charge in [-0.2, -0.15) is 0 Å². The Labute approximate surface area is 42.7 Å². The van der Waals surface area contributed by atoms with Gasteiger partial charge in [-0.15, -0.1) is 6.58 Å². The van der Waals surface area contributed by atoms with E-state index in [-0.39, 0.29) is 0 Å². The summed E-state index contributed by atoms with van der Waals surface area (Å²) in [7, 11) is 0. The molecule has 44 valence electrons. The Kier molecular flexibility index (Phi) is 12.8. The zero-order valence-corrected chi connectivity index (χ0v) is 4.51. The summed E-state index contributed by atoms with van der Waals surface area (Å²) in [6.45, 7) is 7.50. The van der Waals surface area contributed by atoms with E-state index in [4.69, 9.17) is 10.5 Å². The Hall–Kier alpha value is -0.380. The minimum atomic E-state index is 1.17. The van der Waals surface area contributed by atoms with Gasteiger partial charge in [0.05, 0.1) is 0 Å². The van der Waals surface area contributed by atoms with Crippen molar-refractivity contribution in [1.29, 1.82) is 0 Å². The van der Waals surface area contributed by atoms with E-state index in [2.05, 4.69) is 11.6 Å². The summed E-state index contributed by atoms with van der Waals surface area (Å²) in [5.74, 6) is 0. The van der Waals surface area contributed by atoms with Crippen molar-refractivity contribution >= 4 is 0 Å². The van der Waals surface area contributed by atoms with Crippen molar-refractivity contribution in [3.05, 3.63) is 12.2 Å². The predicted octanol–water partition coefficient (Wildman–Crippen LogP) is 1.53. The monoisotopic (exact) mass is 106 g/mol. The van der Waals surface area contributed by atoms with Crippen LogP contribution in [0, 0.1) is 0 Å². The molecule has 0 spiro atoms. The van der Waals surface area contributed by atoms with E-state index in [0.29, 0.717) is 0 Å². The molecule has 0 rings (SSSR count). The number of allylic oxidation sites excluding steroid dienone is 1. The van der Waals surface area contributed by atoms with E-state index in [1.807, 2.05) is 13.8 Å². The first-order valence-electron chi connectivity index (χ1n) is 1.72. The van der Waals surface area contributed by atoms with Gasteiger partial charge in [-0.3, -0.25) is 0 Å². The van der Waals surface area contributed by atoms with Gasteiger partial charge in [0.2, 0.25) is 0 Å². The molecule has 0 saturated carbocycles. The van der Waals surface area contributed by atoms with Crippen molar-refractivity contribution in [3.63, 3.8) is 0 Å². The van der Waals surface area contributed by atoms with Gasteiger partial charge in [-0.1, -0.05) is 10.6 Å². The lowest BCUT2D eigenvalue weighted by atomic mass is 10.4. The highest BCUT2D eigenvalue weighted by atomic mass is 17.4. The molecule has 0 radical (unpaired) electrons. The van der Waals surface area contributed by atoms with Gasteiger partial charge in [0.15, 0.2) is 0 Å². The number of hydrogen-bond donors (Lipinski definition) is 2. The van der Waals surface area contributed by atoms with Crippen LogP contribution in [-0.2, 0) is 5.04 Å². The standard InChI is InChI=1S/C4H8.H2O3/c1-4(2)3;1-3-2/h1H2,2-3H3;1-2H. The molecular weight excluding hydrogens is 96.0 g/mol. The normalized spacial score (nSPS) is 6.29. The first kappa shape index (κ1) is 9.80. The third-order valence-electron chi connectivity index (χ3n) is 0. The number of rotatable bonds is 0. The summed E-state index contributed by atoms with van der Waals surface area (Å²) in [6.07, 6.45) is 0. The van der Waals surface area contributed by atoms with Crippen molar-refractivity contribution in [3.8, 4) is 0 Å². The van der Waals surface area contributed by atoms with Crippen LogP contribution in [0.4, 0.5) is 0 Å². The van der Waals surface area contributed by atoms with Crippen LogP contribution in [0.15, 0.2) is 12.2 Å². The Balaban J connectivity index is 0. The van der Waals surface area contributed by atoms with Crippen molar-refractivity contribution in [1.82, 2.24) is 0 Å². The molecule has 0 saturated heterocycles. The lowest BCUT2D eigenvalue weighted by Gasteiger charge is -1.65. The third-order valence-corrected chi connectivity index (χ3v) is 0. The van der Waals surface area contributed by atoms with Crippen LogP contribution < -0.4 is 0 Å². The van der Waals surface area contributed by atoms with Crippen LogP contribution >= 0.6 is 0 Å². The van der Waals surface area contributed by atoms with Crippen LogP contribution in [0.25, 0.3) is 0 Å². The van der Waals surface area contributed by atoms with Gasteiger partial charge < -0.3 is 0 Å². The molecule has 0 aromatic heterocycles. The molecule has 0 aliphatic rings. The SMILES string of the molecule is C=C(C)C.OOO. The lowest BCUT2D eigenvalue weighted by Crippen LogP contribution is -1.60. The van der Waals surface area contributed by atoms with E-state index < -0.39 is 0 Å². The predicted molar refractivity (Wildman–Crippen MR) is 26.8 cm³/mol. The average Bonchev–Trinajstić information content (AvgIpc) is 1.33. The summed E-state index contributed by atoms with van der Waals surface area (Å²) in [4.78, 5) is 0. The van der Waals surface area contributed by atoms with Crippen LogP contribution in [0.2, 0.25) is 0 Å². The zero-order chi connectivity index (χ0) is 6.28. The molecule has 0 unspecified atom stereocenters. The third kappa shape index (κ3) is 510. The fourth-order valence-electron chi connectivity index (χ4n) is 0. The lowest BCUT2D eigenvalue weighted by molar-refractivity contribution is -0.465. The topological polar surface area (TPSA) is 49.7 Å². The van der Waals surface area contributed by atoms with Gasteiger partial charge in [0, 0.05) is 0 Å². The molecule has 0 heterocycles. The summed E-state index contributed by atoms with van der Waals surface area (Å²) in [5, 5.41) is 15.5. The molecule has 2 N–H and O–H groups in total. The Bertz CT molecular complexity index is 38.2. The largest absolute Gasteiger partial charge is 0.221 e. The van der Waals surface area contributed by atoms with Crippen molar-refractivity contribution in [2.75, 3.05) is 0 Å².